The number of hydrogen-bond acceptors (Lipinski definition) is 6. The molecule has 2 aromatic rings. The summed E-state index contributed by atoms with van der Waals surface area (Å²) in [4.78, 5) is 14.1. The lowest BCUT2D eigenvalue weighted by molar-refractivity contribution is -0.142. The Bertz CT molecular complexity index is 779. The molecule has 27 heavy (non-hydrogen) atoms. The van der Waals surface area contributed by atoms with Gasteiger partial charge in [-0.05, 0) is 30.3 Å². The molecule has 0 saturated carbocycles. The number of H-pyrrole nitrogens is 1. The van der Waals surface area contributed by atoms with Crippen LogP contribution >= 0.6 is 0 Å². The molecule has 146 valence electrons. The van der Waals surface area contributed by atoms with Crippen LogP contribution in [0.1, 0.15) is 19.8 Å². The monoisotopic (exact) mass is 383 g/mol. The lowest BCUT2D eigenvalue weighted by Crippen LogP contribution is -2.49. The van der Waals surface area contributed by atoms with Crippen LogP contribution in [0, 0.1) is 0 Å². The third-order valence-electron chi connectivity index (χ3n) is 4.23. The Labute approximate surface area is 153 Å². The number of anilines is 2. The van der Waals surface area contributed by atoms with Crippen molar-refractivity contribution in [3.8, 4) is 11.4 Å². The molecule has 1 amide bonds. The maximum Gasteiger partial charge on any atom is 0.389 e. The average Bonchev–Trinajstić information content (AvgIpc) is 3.14. The molecule has 8 nitrogen and oxygen atoms in total. The lowest BCUT2D eigenvalue weighted by atomic mass is 10.1. The van der Waals surface area contributed by atoms with E-state index in [4.69, 9.17) is 0 Å². The quantitative estimate of drug-likeness (QED) is 0.730. The van der Waals surface area contributed by atoms with Gasteiger partial charge in [-0.25, -0.2) is 0 Å². The number of halogens is 3. The average molecular weight is 383 g/mol. The van der Waals surface area contributed by atoms with Crippen molar-refractivity contribution in [2.45, 2.75) is 32.0 Å². The number of rotatable bonds is 5. The molecule has 2 heterocycles. The molecule has 0 bridgehead atoms. The van der Waals surface area contributed by atoms with Crippen molar-refractivity contribution >= 4 is 17.3 Å². The van der Waals surface area contributed by atoms with E-state index in [-0.39, 0.29) is 5.82 Å². The smallest absolute Gasteiger partial charge is 0.369 e. The predicted molar refractivity (Wildman–Crippen MR) is 93.2 cm³/mol. The van der Waals surface area contributed by atoms with Crippen LogP contribution in [0.3, 0.4) is 0 Å². The molecule has 0 unspecified atom stereocenters. The Morgan fingerprint density at radius 2 is 2.22 bits per heavy atom. The molecule has 0 aliphatic carbocycles. The Hall–Kier alpha value is -2.69. The van der Waals surface area contributed by atoms with Gasteiger partial charge in [-0.1, -0.05) is 0 Å². The van der Waals surface area contributed by atoms with Crippen LogP contribution in [0.5, 0.6) is 0 Å². The second-order valence-electron chi connectivity index (χ2n) is 6.43. The Kier molecular flexibility index (Phi) is 5.59. The summed E-state index contributed by atoms with van der Waals surface area (Å²) in [5.41, 5.74) is 1.75. The highest BCUT2D eigenvalue weighted by Gasteiger charge is 2.28. The molecular weight excluding hydrogens is 363 g/mol. The molecule has 1 atom stereocenters. The molecule has 3 rings (SSSR count). The zero-order valence-electron chi connectivity index (χ0n) is 14.7. The molecule has 0 spiro atoms. The molecule has 1 aromatic heterocycles. The lowest BCUT2D eigenvalue weighted by Gasteiger charge is -2.34. The van der Waals surface area contributed by atoms with Crippen molar-refractivity contribution in [3.63, 3.8) is 0 Å². The third kappa shape index (κ3) is 5.16. The summed E-state index contributed by atoms with van der Waals surface area (Å²) in [5.74, 6) is -0.466. The van der Waals surface area contributed by atoms with Gasteiger partial charge in [0.25, 0.3) is 0 Å². The Morgan fingerprint density at radius 3 is 2.89 bits per heavy atom. The van der Waals surface area contributed by atoms with Gasteiger partial charge in [-0.2, -0.15) is 18.4 Å². The minimum absolute atomic E-state index is 0.256. The second-order valence-corrected chi connectivity index (χ2v) is 6.43. The first kappa shape index (κ1) is 19.1. The fourth-order valence-electron chi connectivity index (χ4n) is 2.93. The summed E-state index contributed by atoms with van der Waals surface area (Å²) in [6.45, 7) is 4.55. The minimum Gasteiger partial charge on any atom is -0.369 e. The van der Waals surface area contributed by atoms with Gasteiger partial charge in [0.15, 0.2) is 0 Å². The molecule has 11 heteroatoms. The van der Waals surface area contributed by atoms with Crippen molar-refractivity contribution in [2.24, 2.45) is 0 Å². The summed E-state index contributed by atoms with van der Waals surface area (Å²) in [7, 11) is 0. The minimum atomic E-state index is -4.38. The van der Waals surface area contributed by atoms with Gasteiger partial charge in [0.05, 0.1) is 12.1 Å². The van der Waals surface area contributed by atoms with Crippen LogP contribution in [0.25, 0.3) is 11.4 Å². The van der Waals surface area contributed by atoms with E-state index in [0.717, 1.165) is 25.3 Å². The van der Waals surface area contributed by atoms with Crippen molar-refractivity contribution in [1.29, 1.82) is 0 Å². The van der Waals surface area contributed by atoms with E-state index in [1.807, 2.05) is 12.1 Å². The molecule has 1 fully saturated rings. The number of tetrazole rings is 1. The standard InChI is InChI=1S/C16H20F3N7O/c1-10-9-26(7-6-20-10)11-2-3-13(12(8-11)15-22-24-25-23-15)21-14(27)4-5-16(17,18)19/h2-3,8,10,20H,4-7,9H2,1H3,(H,21,27)(H,22,23,24,25)/t10-/m0/s1. The van der Waals surface area contributed by atoms with E-state index in [1.165, 1.54) is 0 Å². The van der Waals surface area contributed by atoms with Crippen LogP contribution in [0.4, 0.5) is 24.5 Å². The van der Waals surface area contributed by atoms with Crippen molar-refractivity contribution in [3.05, 3.63) is 18.2 Å². The molecule has 1 saturated heterocycles. The van der Waals surface area contributed by atoms with Crippen LogP contribution in [0.15, 0.2) is 18.2 Å². The van der Waals surface area contributed by atoms with Crippen LogP contribution in [-0.2, 0) is 4.79 Å². The SMILES string of the molecule is C[C@H]1CN(c2ccc(NC(=O)CCC(F)(F)F)c(-c3nn[nH]n3)c2)CCN1. The summed E-state index contributed by atoms with van der Waals surface area (Å²) in [5, 5.41) is 19.6. The predicted octanol–water partition coefficient (Wildman–Crippen LogP) is 1.95. The number of aromatic nitrogens is 4. The first-order valence-electron chi connectivity index (χ1n) is 8.54. The van der Waals surface area contributed by atoms with Crippen molar-refractivity contribution < 1.29 is 18.0 Å². The fourth-order valence-corrected chi connectivity index (χ4v) is 2.93. The highest BCUT2D eigenvalue weighted by Crippen LogP contribution is 2.31. The highest BCUT2D eigenvalue weighted by atomic mass is 19.4. The second kappa shape index (κ2) is 7.91. The van der Waals surface area contributed by atoms with Crippen molar-refractivity contribution in [2.75, 3.05) is 29.9 Å². The van der Waals surface area contributed by atoms with E-state index in [0.29, 0.717) is 17.3 Å². The number of nitrogens with one attached hydrogen (secondary N) is 3. The largest absolute Gasteiger partial charge is 0.389 e. The first-order chi connectivity index (χ1) is 12.8. The van der Waals surface area contributed by atoms with E-state index >= 15 is 0 Å². The maximum atomic E-state index is 12.3. The number of hydrogen-bond donors (Lipinski definition) is 3. The summed E-state index contributed by atoms with van der Waals surface area (Å²) >= 11 is 0. The maximum absolute atomic E-state index is 12.3. The van der Waals surface area contributed by atoms with Crippen LogP contribution in [0.2, 0.25) is 0 Å². The first-order valence-corrected chi connectivity index (χ1v) is 8.54. The van der Waals surface area contributed by atoms with E-state index < -0.39 is 24.9 Å². The molecule has 0 radical (unpaired) electrons. The fraction of sp³-hybridized carbons (Fsp3) is 0.500. The van der Waals surface area contributed by atoms with Gasteiger partial charge in [-0.15, -0.1) is 10.2 Å². The molecule has 1 aliphatic heterocycles. The van der Waals surface area contributed by atoms with Crippen LogP contribution < -0.4 is 15.5 Å². The third-order valence-corrected chi connectivity index (χ3v) is 4.23. The van der Waals surface area contributed by atoms with Gasteiger partial charge in [-0.3, -0.25) is 4.79 Å². The van der Waals surface area contributed by atoms with E-state index in [2.05, 4.69) is 43.1 Å². The Morgan fingerprint density at radius 1 is 1.41 bits per heavy atom. The van der Waals surface area contributed by atoms with E-state index in [1.54, 1.807) is 6.07 Å². The number of benzene rings is 1. The van der Waals surface area contributed by atoms with E-state index in [9.17, 15) is 18.0 Å². The molecule has 3 N–H and O–H groups in total. The van der Waals surface area contributed by atoms with Crippen LogP contribution in [-0.4, -0.2) is 58.4 Å². The van der Waals surface area contributed by atoms with Crippen molar-refractivity contribution in [1.82, 2.24) is 25.9 Å². The molecule has 1 aliphatic rings. The topological polar surface area (TPSA) is 98.8 Å². The highest BCUT2D eigenvalue weighted by molar-refractivity contribution is 5.95. The van der Waals surface area contributed by atoms with Gasteiger partial charge >= 0.3 is 6.18 Å². The summed E-state index contributed by atoms with van der Waals surface area (Å²) in [6, 6.07) is 5.61. The summed E-state index contributed by atoms with van der Waals surface area (Å²) < 4.78 is 37.0. The number of carbonyl (C=O) groups excluding carboxylic acids is 1. The van der Waals surface area contributed by atoms with Gasteiger partial charge < -0.3 is 15.5 Å². The zero-order valence-corrected chi connectivity index (χ0v) is 14.7. The van der Waals surface area contributed by atoms with Gasteiger partial charge in [0.1, 0.15) is 0 Å². The molecule has 1 aromatic carbocycles. The normalized spacial score (nSPS) is 17.8. The Balaban J connectivity index is 1.82. The number of nitrogens with zero attached hydrogens (tertiary/aromatic N) is 4. The van der Waals surface area contributed by atoms with Gasteiger partial charge in [0.2, 0.25) is 11.7 Å². The zero-order chi connectivity index (χ0) is 19.4. The number of aromatic amines is 1. The number of piperazine rings is 1. The number of amides is 1. The number of alkyl halides is 3. The van der Waals surface area contributed by atoms with Gasteiger partial charge in [0, 0.05) is 43.3 Å². The number of carbonyl (C=O) groups is 1. The molecular formula is C16H20F3N7O. The summed E-state index contributed by atoms with van der Waals surface area (Å²) in [6.07, 6.45) is -6.20.